The van der Waals surface area contributed by atoms with Crippen LogP contribution in [-0.2, 0) is 0 Å². The normalized spacial score (nSPS) is 9.67. The van der Waals surface area contributed by atoms with E-state index in [1.54, 1.807) is 25.3 Å². The average Bonchev–Trinajstić information content (AvgIpc) is 2.57. The zero-order valence-electron chi connectivity index (χ0n) is 11.7. The van der Waals surface area contributed by atoms with Crippen LogP contribution in [0.25, 0.3) is 22.2 Å². The number of ether oxygens (including phenoxy) is 1. The lowest BCUT2D eigenvalue weighted by Crippen LogP contribution is -2.03. The standard InChI is InChI=1S/C16H13NO2.C2H2/c1-19-12-7-8-13-15(9-12)17-14(10-16(13)18)11-5-3-2-4-6-11;1-2/h2-10H,1H3,(H,17,18);1-2H. The number of hydrogen-bond donors (Lipinski definition) is 1. The molecule has 3 nitrogen and oxygen atoms in total. The molecule has 0 saturated heterocycles. The number of H-pyrrole nitrogens is 1. The number of aromatic amines is 1. The summed E-state index contributed by atoms with van der Waals surface area (Å²) in [4.78, 5) is 15.4. The second-order valence-corrected chi connectivity index (χ2v) is 4.32. The van der Waals surface area contributed by atoms with Crippen molar-refractivity contribution >= 4 is 10.9 Å². The molecular weight excluding hydrogens is 262 g/mol. The zero-order chi connectivity index (χ0) is 15.2. The molecule has 0 aliphatic heterocycles. The van der Waals surface area contributed by atoms with Gasteiger partial charge in [0, 0.05) is 23.2 Å². The highest BCUT2D eigenvalue weighted by molar-refractivity contribution is 5.82. The summed E-state index contributed by atoms with van der Waals surface area (Å²) in [7, 11) is 1.61. The summed E-state index contributed by atoms with van der Waals surface area (Å²) in [6.07, 6.45) is 8.00. The van der Waals surface area contributed by atoms with E-state index in [0.29, 0.717) is 5.39 Å². The van der Waals surface area contributed by atoms with Crippen LogP contribution in [0.5, 0.6) is 5.75 Å². The van der Waals surface area contributed by atoms with Crippen molar-refractivity contribution in [1.82, 2.24) is 4.98 Å². The van der Waals surface area contributed by atoms with Crippen LogP contribution in [-0.4, -0.2) is 12.1 Å². The molecule has 3 aromatic rings. The number of nitrogens with one attached hydrogen (secondary N) is 1. The van der Waals surface area contributed by atoms with Gasteiger partial charge in [0.2, 0.25) is 0 Å². The van der Waals surface area contributed by atoms with Crippen molar-refractivity contribution < 1.29 is 4.74 Å². The van der Waals surface area contributed by atoms with Gasteiger partial charge in [0.05, 0.1) is 12.6 Å². The van der Waals surface area contributed by atoms with E-state index in [2.05, 4.69) is 17.8 Å². The van der Waals surface area contributed by atoms with E-state index in [0.717, 1.165) is 22.5 Å². The lowest BCUT2D eigenvalue weighted by molar-refractivity contribution is 0.415. The van der Waals surface area contributed by atoms with E-state index in [9.17, 15) is 4.79 Å². The predicted octanol–water partition coefficient (Wildman–Crippen LogP) is 3.45. The molecule has 0 fully saturated rings. The highest BCUT2D eigenvalue weighted by Gasteiger charge is 2.05. The molecule has 0 radical (unpaired) electrons. The Bertz CT molecular complexity index is 817. The third-order valence-electron chi connectivity index (χ3n) is 3.12. The molecule has 1 aromatic heterocycles. The first-order valence-corrected chi connectivity index (χ1v) is 6.38. The van der Waals surface area contributed by atoms with Crippen molar-refractivity contribution in [1.29, 1.82) is 0 Å². The Morgan fingerprint density at radius 2 is 1.71 bits per heavy atom. The van der Waals surface area contributed by atoms with Crippen molar-refractivity contribution in [2.24, 2.45) is 0 Å². The molecule has 2 aromatic carbocycles. The van der Waals surface area contributed by atoms with Gasteiger partial charge in [0.15, 0.2) is 5.43 Å². The van der Waals surface area contributed by atoms with Gasteiger partial charge < -0.3 is 9.72 Å². The molecule has 0 amide bonds. The first-order chi connectivity index (χ1) is 10.3. The van der Waals surface area contributed by atoms with E-state index < -0.39 is 0 Å². The van der Waals surface area contributed by atoms with Crippen molar-refractivity contribution in [2.75, 3.05) is 7.11 Å². The van der Waals surface area contributed by atoms with Crippen molar-refractivity contribution in [3.8, 4) is 29.9 Å². The Labute approximate surface area is 123 Å². The van der Waals surface area contributed by atoms with Crippen LogP contribution < -0.4 is 10.2 Å². The van der Waals surface area contributed by atoms with Crippen LogP contribution in [0.4, 0.5) is 0 Å². The number of rotatable bonds is 2. The minimum atomic E-state index is 0.00950. The van der Waals surface area contributed by atoms with Crippen LogP contribution in [0.1, 0.15) is 0 Å². The molecule has 104 valence electrons. The summed E-state index contributed by atoms with van der Waals surface area (Å²) in [5.41, 5.74) is 2.59. The topological polar surface area (TPSA) is 42.1 Å². The molecule has 0 bridgehead atoms. The van der Waals surface area contributed by atoms with Gasteiger partial charge >= 0.3 is 0 Å². The molecule has 0 atom stereocenters. The highest BCUT2D eigenvalue weighted by atomic mass is 16.5. The summed E-state index contributed by atoms with van der Waals surface area (Å²) in [6, 6.07) is 16.8. The van der Waals surface area contributed by atoms with Crippen molar-refractivity contribution in [2.45, 2.75) is 0 Å². The average molecular weight is 277 g/mol. The van der Waals surface area contributed by atoms with Crippen molar-refractivity contribution in [3.63, 3.8) is 0 Å². The number of pyridine rings is 1. The van der Waals surface area contributed by atoms with Gasteiger partial charge in [-0.05, 0) is 17.7 Å². The maximum Gasteiger partial charge on any atom is 0.190 e. The van der Waals surface area contributed by atoms with Crippen LogP contribution >= 0.6 is 0 Å². The van der Waals surface area contributed by atoms with E-state index in [4.69, 9.17) is 4.74 Å². The molecule has 0 spiro atoms. The second kappa shape index (κ2) is 6.44. The van der Waals surface area contributed by atoms with E-state index >= 15 is 0 Å². The van der Waals surface area contributed by atoms with Gasteiger partial charge in [-0.2, -0.15) is 0 Å². The number of hydrogen-bond acceptors (Lipinski definition) is 2. The maximum atomic E-state index is 12.1. The Morgan fingerprint density at radius 1 is 1.00 bits per heavy atom. The van der Waals surface area contributed by atoms with Crippen LogP contribution in [0.15, 0.2) is 59.4 Å². The third kappa shape index (κ3) is 2.96. The van der Waals surface area contributed by atoms with Gasteiger partial charge in [0.25, 0.3) is 0 Å². The van der Waals surface area contributed by atoms with Gasteiger partial charge in [-0.15, -0.1) is 12.8 Å². The minimum absolute atomic E-state index is 0.00950. The molecule has 1 heterocycles. The highest BCUT2D eigenvalue weighted by Crippen LogP contribution is 2.21. The molecule has 1 N–H and O–H groups in total. The summed E-state index contributed by atoms with van der Waals surface area (Å²) < 4.78 is 5.19. The van der Waals surface area contributed by atoms with Crippen molar-refractivity contribution in [3.05, 3.63) is 64.8 Å². The Hall–Kier alpha value is -2.99. The second-order valence-electron chi connectivity index (χ2n) is 4.32. The first-order valence-electron chi connectivity index (χ1n) is 6.38. The number of benzene rings is 2. The molecule has 3 heteroatoms. The number of fused-ring (bicyclic) bond motifs is 1. The summed E-state index contributed by atoms with van der Waals surface area (Å²) in [5.74, 6) is 0.730. The largest absolute Gasteiger partial charge is 0.497 e. The summed E-state index contributed by atoms with van der Waals surface area (Å²) >= 11 is 0. The lowest BCUT2D eigenvalue weighted by atomic mass is 10.1. The Balaban J connectivity index is 0.000000774. The van der Waals surface area contributed by atoms with Crippen LogP contribution in [0, 0.1) is 12.8 Å². The monoisotopic (exact) mass is 277 g/mol. The molecular formula is C18H15NO2. The van der Waals surface area contributed by atoms with E-state index in [-0.39, 0.29) is 5.43 Å². The number of methoxy groups -OCH3 is 1. The van der Waals surface area contributed by atoms with Gasteiger partial charge in [-0.25, -0.2) is 0 Å². The molecule has 0 unspecified atom stereocenters. The fourth-order valence-electron chi connectivity index (χ4n) is 2.13. The molecule has 0 saturated carbocycles. The summed E-state index contributed by atoms with van der Waals surface area (Å²) in [6.45, 7) is 0. The van der Waals surface area contributed by atoms with E-state index in [1.807, 2.05) is 36.4 Å². The number of aromatic nitrogens is 1. The molecule has 0 aliphatic rings. The van der Waals surface area contributed by atoms with E-state index in [1.165, 1.54) is 0 Å². The quantitative estimate of drug-likeness (QED) is 0.729. The van der Waals surface area contributed by atoms with Gasteiger partial charge in [-0.1, -0.05) is 30.3 Å². The van der Waals surface area contributed by atoms with Gasteiger partial charge in [-0.3, -0.25) is 4.79 Å². The predicted molar refractivity (Wildman–Crippen MR) is 86.4 cm³/mol. The van der Waals surface area contributed by atoms with Crippen LogP contribution in [0.3, 0.4) is 0 Å². The lowest BCUT2D eigenvalue weighted by Gasteiger charge is -2.06. The molecule has 3 rings (SSSR count). The SMILES string of the molecule is C#C.COc1ccc2c(=O)cc(-c3ccccc3)[nH]c2c1. The molecule has 0 aliphatic carbocycles. The fraction of sp³-hybridized carbons (Fsp3) is 0.0556. The number of terminal acetylenes is 1. The van der Waals surface area contributed by atoms with Crippen LogP contribution in [0.2, 0.25) is 0 Å². The minimum Gasteiger partial charge on any atom is -0.497 e. The first kappa shape index (κ1) is 14.4. The summed E-state index contributed by atoms with van der Waals surface area (Å²) in [5, 5.41) is 0.667. The fourth-order valence-corrected chi connectivity index (χ4v) is 2.13. The maximum absolute atomic E-state index is 12.1. The smallest absolute Gasteiger partial charge is 0.190 e. The Kier molecular flexibility index (Phi) is 4.43. The van der Waals surface area contributed by atoms with Gasteiger partial charge in [0.1, 0.15) is 5.75 Å². The molecule has 21 heavy (non-hydrogen) atoms. The third-order valence-corrected chi connectivity index (χ3v) is 3.12. The Morgan fingerprint density at radius 3 is 2.38 bits per heavy atom. The zero-order valence-corrected chi connectivity index (χ0v) is 11.7.